The molecule has 68 valence electrons. The smallest absolute Gasteiger partial charge is 0.246 e. The number of hydrogen-bond donors (Lipinski definition) is 1. The zero-order valence-electron chi connectivity index (χ0n) is 7.73. The van der Waals surface area contributed by atoms with Gasteiger partial charge in [0.05, 0.1) is 0 Å². The van der Waals surface area contributed by atoms with Gasteiger partial charge in [0, 0.05) is 11.6 Å². The summed E-state index contributed by atoms with van der Waals surface area (Å²) in [7, 11) is 0. The van der Waals surface area contributed by atoms with Gasteiger partial charge in [-0.1, -0.05) is 32.8 Å². The van der Waals surface area contributed by atoms with Crippen molar-refractivity contribution in [2.24, 2.45) is 0 Å². The van der Waals surface area contributed by atoms with Gasteiger partial charge in [-0.05, 0) is 12.8 Å². The van der Waals surface area contributed by atoms with Gasteiger partial charge in [-0.25, -0.2) is 0 Å². The first-order chi connectivity index (χ1) is 5.74. The van der Waals surface area contributed by atoms with Crippen molar-refractivity contribution >= 4 is 5.91 Å². The van der Waals surface area contributed by atoms with Gasteiger partial charge in [0.15, 0.2) is 0 Å². The van der Waals surface area contributed by atoms with Gasteiger partial charge < -0.3 is 5.32 Å². The Morgan fingerprint density at radius 2 is 2.33 bits per heavy atom. The van der Waals surface area contributed by atoms with Crippen LogP contribution in [0.1, 0.15) is 39.0 Å². The van der Waals surface area contributed by atoms with Crippen molar-refractivity contribution in [3.63, 3.8) is 0 Å². The maximum absolute atomic E-state index is 11.0. The summed E-state index contributed by atoms with van der Waals surface area (Å²) in [6.07, 6.45) is 5.68. The normalized spacial score (nSPS) is 22.9. The summed E-state index contributed by atoms with van der Waals surface area (Å²) < 4.78 is 0. The lowest BCUT2D eigenvalue weighted by Crippen LogP contribution is -2.25. The highest BCUT2D eigenvalue weighted by Crippen LogP contribution is 2.17. The van der Waals surface area contributed by atoms with Crippen molar-refractivity contribution in [1.82, 2.24) is 5.32 Å². The molecule has 2 heteroatoms. The predicted molar refractivity (Wildman–Crippen MR) is 49.8 cm³/mol. The van der Waals surface area contributed by atoms with E-state index in [1.54, 1.807) is 0 Å². The summed E-state index contributed by atoms with van der Waals surface area (Å²) in [5.41, 5.74) is 0.747. The molecule has 0 radical (unpaired) electrons. The molecule has 0 spiro atoms. The minimum atomic E-state index is 0.0523. The largest absolute Gasteiger partial charge is 0.349 e. The van der Waals surface area contributed by atoms with Gasteiger partial charge in [0.1, 0.15) is 0 Å². The zero-order chi connectivity index (χ0) is 8.97. The van der Waals surface area contributed by atoms with Crippen molar-refractivity contribution in [3.05, 3.63) is 12.2 Å². The lowest BCUT2D eigenvalue weighted by molar-refractivity contribution is -0.116. The fraction of sp³-hybridized carbons (Fsp3) is 0.700. The highest BCUT2D eigenvalue weighted by Gasteiger charge is 2.23. The fourth-order valence-corrected chi connectivity index (χ4v) is 1.54. The topological polar surface area (TPSA) is 29.1 Å². The summed E-state index contributed by atoms with van der Waals surface area (Å²) in [6, 6.07) is 0.372. The first-order valence-corrected chi connectivity index (χ1v) is 4.72. The van der Waals surface area contributed by atoms with Crippen LogP contribution in [0.15, 0.2) is 12.2 Å². The van der Waals surface area contributed by atoms with Crippen LogP contribution in [0.4, 0.5) is 0 Å². The maximum atomic E-state index is 11.0. The molecule has 0 saturated carbocycles. The minimum Gasteiger partial charge on any atom is -0.349 e. The Balaban J connectivity index is 2.19. The molecule has 1 unspecified atom stereocenters. The van der Waals surface area contributed by atoms with Gasteiger partial charge in [0.2, 0.25) is 5.91 Å². The van der Waals surface area contributed by atoms with Crippen LogP contribution in [0.2, 0.25) is 0 Å². The van der Waals surface area contributed by atoms with Crippen molar-refractivity contribution in [3.8, 4) is 0 Å². The highest BCUT2D eigenvalue weighted by molar-refractivity contribution is 5.95. The standard InChI is InChI=1S/C10H17NO/c1-3-4-5-6-9-7-8(2)10(12)11-9/h9H,2-7H2,1H3,(H,11,12). The first-order valence-electron chi connectivity index (χ1n) is 4.72. The summed E-state index contributed by atoms with van der Waals surface area (Å²) in [4.78, 5) is 11.0. The van der Waals surface area contributed by atoms with Gasteiger partial charge in [-0.2, -0.15) is 0 Å². The molecule has 0 aromatic carbocycles. The molecule has 1 N–H and O–H groups in total. The van der Waals surface area contributed by atoms with E-state index in [9.17, 15) is 4.79 Å². The molecule has 2 nitrogen and oxygen atoms in total. The molecular formula is C10H17NO. The second kappa shape index (κ2) is 4.29. The third kappa shape index (κ3) is 2.36. The van der Waals surface area contributed by atoms with Crippen LogP contribution in [0.5, 0.6) is 0 Å². The number of hydrogen-bond acceptors (Lipinski definition) is 1. The zero-order valence-corrected chi connectivity index (χ0v) is 7.73. The van der Waals surface area contributed by atoms with Crippen LogP contribution in [0.3, 0.4) is 0 Å². The molecule has 1 amide bonds. The second-order valence-corrected chi connectivity index (χ2v) is 3.47. The SMILES string of the molecule is C=C1CC(CCCCC)NC1=O. The Hall–Kier alpha value is -0.790. The average Bonchev–Trinajstić information content (AvgIpc) is 2.32. The third-order valence-corrected chi connectivity index (χ3v) is 2.31. The second-order valence-electron chi connectivity index (χ2n) is 3.47. The van der Waals surface area contributed by atoms with E-state index in [0.29, 0.717) is 6.04 Å². The summed E-state index contributed by atoms with van der Waals surface area (Å²) >= 11 is 0. The predicted octanol–water partition coefficient (Wildman–Crippen LogP) is 2.01. The van der Waals surface area contributed by atoms with Gasteiger partial charge in [-0.3, -0.25) is 4.79 Å². The van der Waals surface area contributed by atoms with Crippen LogP contribution in [-0.4, -0.2) is 11.9 Å². The van der Waals surface area contributed by atoms with Crippen LogP contribution in [0.25, 0.3) is 0 Å². The van der Waals surface area contributed by atoms with Crippen molar-refractivity contribution in [2.75, 3.05) is 0 Å². The number of nitrogens with one attached hydrogen (secondary N) is 1. The monoisotopic (exact) mass is 167 g/mol. The quantitative estimate of drug-likeness (QED) is 0.503. The van der Waals surface area contributed by atoms with E-state index in [1.165, 1.54) is 19.3 Å². The van der Waals surface area contributed by atoms with E-state index in [4.69, 9.17) is 0 Å². The van der Waals surface area contributed by atoms with E-state index >= 15 is 0 Å². The van der Waals surface area contributed by atoms with Crippen molar-refractivity contribution in [2.45, 2.75) is 45.1 Å². The molecule has 1 rings (SSSR count). The van der Waals surface area contributed by atoms with E-state index < -0.39 is 0 Å². The third-order valence-electron chi connectivity index (χ3n) is 2.31. The maximum Gasteiger partial charge on any atom is 0.246 e. The van der Waals surface area contributed by atoms with E-state index in [-0.39, 0.29) is 5.91 Å². The molecule has 1 atom stereocenters. The highest BCUT2D eigenvalue weighted by atomic mass is 16.2. The van der Waals surface area contributed by atoms with Crippen molar-refractivity contribution < 1.29 is 4.79 Å². The number of carbonyl (C=O) groups is 1. The summed E-state index contributed by atoms with van der Waals surface area (Å²) in [5, 5.41) is 2.92. The van der Waals surface area contributed by atoms with Gasteiger partial charge in [-0.15, -0.1) is 0 Å². The fourth-order valence-electron chi connectivity index (χ4n) is 1.54. The number of unbranched alkanes of at least 4 members (excludes halogenated alkanes) is 2. The Labute approximate surface area is 74.0 Å². The van der Waals surface area contributed by atoms with E-state index in [0.717, 1.165) is 18.4 Å². The van der Waals surface area contributed by atoms with Crippen LogP contribution >= 0.6 is 0 Å². The molecule has 1 aliphatic heterocycles. The van der Waals surface area contributed by atoms with E-state index in [1.807, 2.05) is 0 Å². The molecule has 1 fully saturated rings. The van der Waals surface area contributed by atoms with Crippen LogP contribution in [-0.2, 0) is 4.79 Å². The molecule has 0 bridgehead atoms. The molecular weight excluding hydrogens is 150 g/mol. The molecule has 1 heterocycles. The molecule has 1 saturated heterocycles. The number of amides is 1. The van der Waals surface area contributed by atoms with Gasteiger partial charge >= 0.3 is 0 Å². The Morgan fingerprint density at radius 3 is 2.83 bits per heavy atom. The summed E-state index contributed by atoms with van der Waals surface area (Å²) in [6.45, 7) is 5.89. The Kier molecular flexibility index (Phi) is 3.32. The van der Waals surface area contributed by atoms with Crippen LogP contribution < -0.4 is 5.32 Å². The number of rotatable bonds is 4. The molecule has 0 aromatic heterocycles. The lowest BCUT2D eigenvalue weighted by Gasteiger charge is -2.07. The van der Waals surface area contributed by atoms with Crippen molar-refractivity contribution in [1.29, 1.82) is 0 Å². The Bertz CT molecular complexity index is 170. The van der Waals surface area contributed by atoms with Gasteiger partial charge in [0.25, 0.3) is 0 Å². The minimum absolute atomic E-state index is 0.0523. The molecule has 0 aromatic rings. The summed E-state index contributed by atoms with van der Waals surface area (Å²) in [5.74, 6) is 0.0523. The Morgan fingerprint density at radius 1 is 1.58 bits per heavy atom. The average molecular weight is 167 g/mol. The molecule has 0 aliphatic carbocycles. The molecule has 1 aliphatic rings. The molecule has 12 heavy (non-hydrogen) atoms. The van der Waals surface area contributed by atoms with E-state index in [2.05, 4.69) is 18.8 Å². The van der Waals surface area contributed by atoms with Crippen LogP contribution in [0, 0.1) is 0 Å². The first kappa shape index (κ1) is 9.30. The number of carbonyl (C=O) groups excluding carboxylic acids is 1. The lowest BCUT2D eigenvalue weighted by atomic mass is 10.1.